The van der Waals surface area contributed by atoms with Gasteiger partial charge in [0.1, 0.15) is 17.6 Å². The number of cyclic esters (lactones) is 1. The molecule has 3 aliphatic carbocycles. The summed E-state index contributed by atoms with van der Waals surface area (Å²) < 4.78 is 19.1. The van der Waals surface area contributed by atoms with Crippen LogP contribution in [0.15, 0.2) is 0 Å². The zero-order valence-corrected chi connectivity index (χ0v) is 19.5. The van der Waals surface area contributed by atoms with Gasteiger partial charge in [-0.25, -0.2) is 0 Å². The van der Waals surface area contributed by atoms with Gasteiger partial charge in [-0.3, -0.25) is 9.59 Å². The van der Waals surface area contributed by atoms with Crippen LogP contribution in [0.25, 0.3) is 0 Å². The molecule has 3 saturated carbocycles. The van der Waals surface area contributed by atoms with Gasteiger partial charge < -0.3 is 13.9 Å². The van der Waals surface area contributed by atoms with Crippen LogP contribution in [0.3, 0.4) is 0 Å². The van der Waals surface area contributed by atoms with Gasteiger partial charge in [0.15, 0.2) is 8.32 Å². The first-order valence-electron chi connectivity index (χ1n) is 10.7. The quantitative estimate of drug-likeness (QED) is 0.511. The average Bonchev–Trinajstić information content (AvgIpc) is 2.83. The molecule has 5 fully saturated rings. The molecule has 0 aromatic rings. The molecule has 0 amide bonds. The van der Waals surface area contributed by atoms with Crippen LogP contribution in [0.5, 0.6) is 0 Å². The minimum atomic E-state index is -2.21. The molecule has 1 unspecified atom stereocenters. The van der Waals surface area contributed by atoms with E-state index in [1.54, 1.807) is 0 Å². The number of hydrogen-bond acceptors (Lipinski definition) is 5. The van der Waals surface area contributed by atoms with Crippen LogP contribution in [0.1, 0.15) is 60.8 Å². The van der Waals surface area contributed by atoms with Crippen LogP contribution >= 0.6 is 0 Å². The Hall–Kier alpha value is -0.883. The Morgan fingerprint density at radius 1 is 1.11 bits per heavy atom. The highest BCUT2D eigenvalue weighted by Gasteiger charge is 2.97. The van der Waals surface area contributed by atoms with Gasteiger partial charge in [-0.1, -0.05) is 34.6 Å². The molecule has 2 heterocycles. The Labute approximate surface area is 169 Å². The summed E-state index contributed by atoms with van der Waals surface area (Å²) >= 11 is 0. The standard InChI is InChI=1S/C22H34O5Si/c1-17(2,3)28(7,8)27-15-20(6)16(24)25-12-19(20,5)22-10-13-9-18(13,4)21(15,22)11-14(23)26-22/h13,15H,9-12H2,1-8H3/t13-,15-,18-,19+,20-,21?,22-/m0/s1. The first-order chi connectivity index (χ1) is 12.6. The number of carbonyl (C=O) groups is 2. The molecule has 5 rings (SSSR count). The lowest BCUT2D eigenvalue weighted by Gasteiger charge is -2.49. The summed E-state index contributed by atoms with van der Waals surface area (Å²) in [6.07, 6.45) is 1.97. The van der Waals surface area contributed by atoms with Crippen molar-refractivity contribution in [1.82, 2.24) is 0 Å². The number of hydrogen-bond donors (Lipinski definition) is 0. The van der Waals surface area contributed by atoms with Gasteiger partial charge in [0.2, 0.25) is 0 Å². The molecular weight excluding hydrogens is 372 g/mol. The normalized spacial score (nSPS) is 54.0. The summed E-state index contributed by atoms with van der Waals surface area (Å²) in [6.45, 7) is 17.9. The summed E-state index contributed by atoms with van der Waals surface area (Å²) in [7, 11) is -2.21. The van der Waals surface area contributed by atoms with Crippen molar-refractivity contribution in [3.8, 4) is 0 Å². The van der Waals surface area contributed by atoms with Crippen LogP contribution in [0.4, 0.5) is 0 Å². The summed E-state index contributed by atoms with van der Waals surface area (Å²) in [5, 5.41) is 0.0100. The van der Waals surface area contributed by atoms with E-state index in [-0.39, 0.29) is 28.5 Å². The zero-order valence-electron chi connectivity index (χ0n) is 18.5. The van der Waals surface area contributed by atoms with Crippen LogP contribution in [-0.4, -0.2) is 38.6 Å². The van der Waals surface area contributed by atoms with Crippen molar-refractivity contribution < 1.29 is 23.5 Å². The second kappa shape index (κ2) is 4.56. The van der Waals surface area contributed by atoms with E-state index in [0.29, 0.717) is 18.9 Å². The van der Waals surface area contributed by atoms with Crippen molar-refractivity contribution in [3.63, 3.8) is 0 Å². The first-order valence-corrected chi connectivity index (χ1v) is 13.6. The second-order valence-electron chi connectivity index (χ2n) is 12.3. The van der Waals surface area contributed by atoms with Crippen molar-refractivity contribution in [2.75, 3.05) is 6.61 Å². The van der Waals surface area contributed by atoms with Crippen LogP contribution in [0.2, 0.25) is 18.1 Å². The van der Waals surface area contributed by atoms with E-state index < -0.39 is 30.2 Å². The van der Waals surface area contributed by atoms with E-state index in [4.69, 9.17) is 13.9 Å². The molecule has 5 aliphatic rings. The van der Waals surface area contributed by atoms with E-state index in [1.807, 2.05) is 6.92 Å². The van der Waals surface area contributed by atoms with Gasteiger partial charge in [0, 0.05) is 0 Å². The Morgan fingerprint density at radius 3 is 2.36 bits per heavy atom. The van der Waals surface area contributed by atoms with Crippen molar-refractivity contribution in [2.24, 2.45) is 27.6 Å². The van der Waals surface area contributed by atoms with Crippen molar-refractivity contribution in [1.29, 1.82) is 0 Å². The molecule has 2 saturated heterocycles. The number of esters is 2. The highest BCUT2D eigenvalue weighted by molar-refractivity contribution is 6.74. The molecule has 0 aromatic heterocycles. The SMILES string of the molecule is CC(C)(C)[Si](C)(C)O[C@@H]1C23CC(=O)O[C@@]2(C[C@@H]2C[C@@]23C)[C@]2(C)COC(=O)[C@]12C. The predicted molar refractivity (Wildman–Crippen MR) is 106 cm³/mol. The molecule has 156 valence electrons. The molecule has 0 N–H and O–H groups in total. The number of ether oxygens (including phenoxy) is 2. The molecule has 0 radical (unpaired) electrons. The van der Waals surface area contributed by atoms with E-state index in [9.17, 15) is 9.59 Å². The molecule has 2 aliphatic heterocycles. The lowest BCUT2D eigenvalue weighted by atomic mass is 9.60. The maximum atomic E-state index is 13.3. The van der Waals surface area contributed by atoms with E-state index >= 15 is 0 Å². The van der Waals surface area contributed by atoms with Gasteiger partial charge in [-0.15, -0.1) is 0 Å². The lowest BCUT2D eigenvalue weighted by molar-refractivity contribution is -0.169. The van der Waals surface area contributed by atoms with Crippen LogP contribution < -0.4 is 0 Å². The minimum Gasteiger partial charge on any atom is -0.464 e. The third-order valence-electron chi connectivity index (χ3n) is 10.5. The lowest BCUT2D eigenvalue weighted by Crippen LogP contribution is -2.57. The van der Waals surface area contributed by atoms with Gasteiger partial charge in [-0.05, 0) is 49.2 Å². The molecule has 6 heteroatoms. The Balaban J connectivity index is 1.76. The van der Waals surface area contributed by atoms with E-state index in [1.165, 1.54) is 0 Å². The zero-order chi connectivity index (χ0) is 20.8. The topological polar surface area (TPSA) is 61.8 Å². The molecular formula is C22H34O5Si. The molecule has 0 spiro atoms. The second-order valence-corrected chi connectivity index (χ2v) is 17.1. The maximum Gasteiger partial charge on any atom is 0.315 e. The minimum absolute atomic E-state index is 0.00281. The monoisotopic (exact) mass is 406 g/mol. The highest BCUT2D eigenvalue weighted by Crippen LogP contribution is 2.90. The summed E-state index contributed by atoms with van der Waals surface area (Å²) in [5.41, 5.74) is -2.42. The van der Waals surface area contributed by atoms with E-state index in [0.717, 1.165) is 12.8 Å². The third-order valence-corrected chi connectivity index (χ3v) is 15.0. The number of fused-ring (bicyclic) bond motifs is 2. The molecule has 28 heavy (non-hydrogen) atoms. The fourth-order valence-corrected chi connectivity index (χ4v) is 8.89. The molecule has 7 atom stereocenters. The highest BCUT2D eigenvalue weighted by atomic mass is 28.4. The number of rotatable bonds is 2. The third kappa shape index (κ3) is 1.55. The van der Waals surface area contributed by atoms with Crippen molar-refractivity contribution >= 4 is 20.3 Å². The largest absolute Gasteiger partial charge is 0.464 e. The van der Waals surface area contributed by atoms with Gasteiger partial charge in [0.05, 0.1) is 23.4 Å². The fraction of sp³-hybridized carbons (Fsp3) is 0.909. The summed E-state index contributed by atoms with van der Waals surface area (Å²) in [5.74, 6) is 0.242. The summed E-state index contributed by atoms with van der Waals surface area (Å²) in [4.78, 5) is 26.1. The average molecular weight is 407 g/mol. The maximum absolute atomic E-state index is 13.3. The smallest absolute Gasteiger partial charge is 0.315 e. The van der Waals surface area contributed by atoms with Gasteiger partial charge >= 0.3 is 11.9 Å². The molecule has 5 nitrogen and oxygen atoms in total. The van der Waals surface area contributed by atoms with Crippen LogP contribution in [0, 0.1) is 27.6 Å². The van der Waals surface area contributed by atoms with E-state index in [2.05, 4.69) is 47.7 Å². The van der Waals surface area contributed by atoms with Gasteiger partial charge in [-0.2, -0.15) is 0 Å². The first kappa shape index (κ1) is 19.1. The van der Waals surface area contributed by atoms with Gasteiger partial charge in [0.25, 0.3) is 0 Å². The molecule has 0 bridgehead atoms. The Kier molecular flexibility index (Phi) is 3.11. The summed E-state index contributed by atoms with van der Waals surface area (Å²) in [6, 6.07) is 0. The van der Waals surface area contributed by atoms with Crippen molar-refractivity contribution in [2.45, 2.75) is 90.6 Å². The number of carbonyl (C=O) groups excluding carboxylic acids is 2. The molecule has 0 aromatic carbocycles. The fourth-order valence-electron chi connectivity index (χ4n) is 7.51. The Morgan fingerprint density at radius 2 is 1.75 bits per heavy atom. The van der Waals surface area contributed by atoms with Crippen LogP contribution in [-0.2, 0) is 23.5 Å². The van der Waals surface area contributed by atoms with Crippen molar-refractivity contribution in [3.05, 3.63) is 0 Å². The predicted octanol–water partition coefficient (Wildman–Crippen LogP) is 4.06. The Bertz CT molecular complexity index is 816.